The summed E-state index contributed by atoms with van der Waals surface area (Å²) in [6.45, 7) is 6.32. The topological polar surface area (TPSA) is 55.2 Å². The molecule has 0 aliphatic rings. The van der Waals surface area contributed by atoms with Crippen LogP contribution in [0, 0.1) is 16.0 Å². The van der Waals surface area contributed by atoms with Gasteiger partial charge in [-0.2, -0.15) is 0 Å². The molecule has 0 aromatic carbocycles. The maximum absolute atomic E-state index is 10.1. The minimum absolute atomic E-state index is 0.144. The number of rotatable bonds is 4. The Morgan fingerprint density at radius 1 is 1.73 bits per heavy atom. The van der Waals surface area contributed by atoms with Gasteiger partial charge in [-0.05, 0) is 5.92 Å². The summed E-state index contributed by atoms with van der Waals surface area (Å²) in [5.41, 5.74) is 0.144. The van der Waals surface area contributed by atoms with E-state index in [1.807, 2.05) is 13.8 Å². The highest BCUT2D eigenvalue weighted by molar-refractivity contribution is 4.84. The molecule has 0 rings (SSSR count). The van der Waals surface area contributed by atoms with Crippen molar-refractivity contribution in [2.24, 2.45) is 5.92 Å². The normalized spacial score (nSPS) is 11.8. The Morgan fingerprint density at radius 2 is 2.27 bits per heavy atom. The Labute approximate surface area is 66.4 Å². The van der Waals surface area contributed by atoms with Gasteiger partial charge in [0.1, 0.15) is 0 Å². The molecular formula is C7H14N2O2. The molecule has 0 saturated carbocycles. The molecule has 0 heterocycles. The second kappa shape index (κ2) is 4.71. The van der Waals surface area contributed by atoms with Gasteiger partial charge >= 0.3 is 0 Å². The second-order valence-electron chi connectivity index (χ2n) is 2.84. The zero-order chi connectivity index (χ0) is 8.85. The van der Waals surface area contributed by atoms with Crippen molar-refractivity contribution in [2.45, 2.75) is 20.8 Å². The lowest BCUT2D eigenvalue weighted by molar-refractivity contribution is -0.424. The number of hydrogen-bond donors (Lipinski definition) is 1. The summed E-state index contributed by atoms with van der Waals surface area (Å²) in [4.78, 5) is 9.66. The van der Waals surface area contributed by atoms with Gasteiger partial charge in [0.15, 0.2) is 0 Å². The van der Waals surface area contributed by atoms with Crippen LogP contribution in [0.5, 0.6) is 0 Å². The standard InChI is InChI=1S/C7H14N2O2/c1-6(2)4-8-5-7(3)9(10)11/h5-6,8H,4H2,1-3H3/b7-5+. The van der Waals surface area contributed by atoms with Crippen LogP contribution in [-0.4, -0.2) is 11.5 Å². The average molecular weight is 158 g/mol. The average Bonchev–Trinajstić information content (AvgIpc) is 1.86. The van der Waals surface area contributed by atoms with E-state index >= 15 is 0 Å². The maximum atomic E-state index is 10.1. The van der Waals surface area contributed by atoms with E-state index in [1.54, 1.807) is 0 Å². The minimum atomic E-state index is -0.409. The Bertz CT molecular complexity index is 164. The molecule has 0 bridgehead atoms. The summed E-state index contributed by atoms with van der Waals surface area (Å²) >= 11 is 0. The molecule has 0 aliphatic heterocycles. The monoisotopic (exact) mass is 158 g/mol. The SMILES string of the molecule is C/C(=C\NCC(C)C)[N+](=O)[O-]. The van der Waals surface area contributed by atoms with Crippen molar-refractivity contribution in [2.75, 3.05) is 6.54 Å². The molecule has 0 fully saturated rings. The van der Waals surface area contributed by atoms with E-state index in [-0.39, 0.29) is 5.70 Å². The van der Waals surface area contributed by atoms with Gasteiger partial charge in [-0.1, -0.05) is 13.8 Å². The molecule has 64 valence electrons. The van der Waals surface area contributed by atoms with E-state index in [0.717, 1.165) is 6.54 Å². The van der Waals surface area contributed by atoms with Crippen molar-refractivity contribution in [1.82, 2.24) is 5.32 Å². The number of hydrogen-bond acceptors (Lipinski definition) is 3. The lowest BCUT2D eigenvalue weighted by Gasteiger charge is -2.02. The van der Waals surface area contributed by atoms with Gasteiger partial charge in [-0.15, -0.1) is 0 Å². The number of allylic oxidation sites excluding steroid dienone is 1. The van der Waals surface area contributed by atoms with Gasteiger partial charge in [-0.3, -0.25) is 10.1 Å². The molecule has 1 N–H and O–H groups in total. The molecule has 0 radical (unpaired) electrons. The molecule has 4 nitrogen and oxygen atoms in total. The number of nitrogens with one attached hydrogen (secondary N) is 1. The molecule has 0 aliphatic carbocycles. The van der Waals surface area contributed by atoms with Gasteiger partial charge in [0.25, 0.3) is 5.70 Å². The van der Waals surface area contributed by atoms with Crippen LogP contribution in [0.15, 0.2) is 11.9 Å². The maximum Gasteiger partial charge on any atom is 0.258 e. The fraction of sp³-hybridized carbons (Fsp3) is 0.714. The molecule has 0 aromatic rings. The van der Waals surface area contributed by atoms with Crippen LogP contribution >= 0.6 is 0 Å². The predicted octanol–water partition coefficient (Wildman–Crippen LogP) is 1.37. The highest BCUT2D eigenvalue weighted by Gasteiger charge is 1.99. The lowest BCUT2D eigenvalue weighted by atomic mass is 10.2. The second-order valence-corrected chi connectivity index (χ2v) is 2.84. The summed E-state index contributed by atoms with van der Waals surface area (Å²) in [5.74, 6) is 0.505. The van der Waals surface area contributed by atoms with Crippen molar-refractivity contribution >= 4 is 0 Å². The Balaban J connectivity index is 3.65. The van der Waals surface area contributed by atoms with Crippen LogP contribution in [0.2, 0.25) is 0 Å². The van der Waals surface area contributed by atoms with Crippen LogP contribution in [0.4, 0.5) is 0 Å². The molecular weight excluding hydrogens is 144 g/mol. The summed E-state index contributed by atoms with van der Waals surface area (Å²) in [5, 5.41) is 12.9. The van der Waals surface area contributed by atoms with Crippen molar-refractivity contribution in [3.8, 4) is 0 Å². The number of nitro groups is 1. The van der Waals surface area contributed by atoms with Gasteiger partial charge in [0.05, 0.1) is 11.1 Å². The van der Waals surface area contributed by atoms with Gasteiger partial charge < -0.3 is 5.32 Å². The van der Waals surface area contributed by atoms with Crippen molar-refractivity contribution in [3.63, 3.8) is 0 Å². The first-order valence-electron chi connectivity index (χ1n) is 3.58. The fourth-order valence-corrected chi connectivity index (χ4v) is 0.495. The summed E-state index contributed by atoms with van der Waals surface area (Å²) in [6, 6.07) is 0. The fourth-order valence-electron chi connectivity index (χ4n) is 0.495. The molecule has 11 heavy (non-hydrogen) atoms. The smallest absolute Gasteiger partial charge is 0.258 e. The van der Waals surface area contributed by atoms with E-state index in [1.165, 1.54) is 13.1 Å². The Kier molecular flexibility index (Phi) is 4.26. The third-order valence-corrected chi connectivity index (χ3v) is 1.13. The van der Waals surface area contributed by atoms with Crippen molar-refractivity contribution in [1.29, 1.82) is 0 Å². The molecule has 0 unspecified atom stereocenters. The van der Waals surface area contributed by atoms with E-state index in [2.05, 4.69) is 5.32 Å². The van der Waals surface area contributed by atoms with E-state index in [0.29, 0.717) is 5.92 Å². The highest BCUT2D eigenvalue weighted by Crippen LogP contribution is 1.91. The predicted molar refractivity (Wildman–Crippen MR) is 43.6 cm³/mol. The first-order valence-corrected chi connectivity index (χ1v) is 3.58. The first-order chi connectivity index (χ1) is 5.04. The molecule has 0 spiro atoms. The third-order valence-electron chi connectivity index (χ3n) is 1.13. The summed E-state index contributed by atoms with van der Waals surface area (Å²) < 4.78 is 0. The van der Waals surface area contributed by atoms with Crippen LogP contribution in [0.25, 0.3) is 0 Å². The molecule has 0 atom stereocenters. The lowest BCUT2D eigenvalue weighted by Crippen LogP contribution is -2.14. The van der Waals surface area contributed by atoms with Crippen molar-refractivity contribution in [3.05, 3.63) is 22.0 Å². The van der Waals surface area contributed by atoms with E-state index < -0.39 is 4.92 Å². The first kappa shape index (κ1) is 9.94. The summed E-state index contributed by atoms with van der Waals surface area (Å²) in [7, 11) is 0. The Morgan fingerprint density at radius 3 is 2.64 bits per heavy atom. The van der Waals surface area contributed by atoms with Gasteiger partial charge in [0, 0.05) is 13.5 Å². The molecule has 0 amide bonds. The zero-order valence-corrected chi connectivity index (χ0v) is 7.13. The van der Waals surface area contributed by atoms with Crippen LogP contribution in [0.1, 0.15) is 20.8 Å². The highest BCUT2D eigenvalue weighted by atomic mass is 16.6. The third kappa shape index (κ3) is 5.39. The zero-order valence-electron chi connectivity index (χ0n) is 7.13. The summed E-state index contributed by atoms with van der Waals surface area (Å²) in [6.07, 6.45) is 1.43. The van der Waals surface area contributed by atoms with Gasteiger partial charge in [-0.25, -0.2) is 0 Å². The molecule has 0 aromatic heterocycles. The van der Waals surface area contributed by atoms with E-state index in [4.69, 9.17) is 0 Å². The molecule has 4 heteroatoms. The van der Waals surface area contributed by atoms with Crippen LogP contribution < -0.4 is 5.32 Å². The van der Waals surface area contributed by atoms with Gasteiger partial charge in [0.2, 0.25) is 0 Å². The largest absolute Gasteiger partial charge is 0.385 e. The van der Waals surface area contributed by atoms with Crippen LogP contribution in [-0.2, 0) is 0 Å². The molecule has 0 saturated heterocycles. The van der Waals surface area contributed by atoms with E-state index in [9.17, 15) is 10.1 Å². The quantitative estimate of drug-likeness (QED) is 0.496. The minimum Gasteiger partial charge on any atom is -0.385 e. The van der Waals surface area contributed by atoms with Crippen LogP contribution in [0.3, 0.4) is 0 Å². The Hall–Kier alpha value is -1.06. The van der Waals surface area contributed by atoms with Crippen molar-refractivity contribution < 1.29 is 4.92 Å². The number of nitrogens with zero attached hydrogens (tertiary/aromatic N) is 1.